The first-order valence-electron chi connectivity index (χ1n) is 8.59. The van der Waals surface area contributed by atoms with Crippen LogP contribution >= 0.6 is 11.3 Å². The number of hydrogen-bond acceptors (Lipinski definition) is 5. The summed E-state index contributed by atoms with van der Waals surface area (Å²) >= 11 is 1.09. The highest BCUT2D eigenvalue weighted by Crippen LogP contribution is 2.31. The SMILES string of the molecule is Cc1sc(NC(=O)[C@H](C)NS(=O)(=O)c2ccccc2F)nc1-c1ccc(F)c(F)c1. The number of benzene rings is 2. The molecule has 0 spiro atoms. The molecule has 0 bridgehead atoms. The molecular formula is C19H16F3N3O3S2. The second kappa shape index (κ2) is 8.54. The number of rotatable bonds is 6. The summed E-state index contributed by atoms with van der Waals surface area (Å²) in [4.78, 5) is 16.7. The zero-order valence-corrected chi connectivity index (χ0v) is 17.4. The van der Waals surface area contributed by atoms with Gasteiger partial charge in [-0.15, -0.1) is 11.3 Å². The monoisotopic (exact) mass is 455 g/mol. The van der Waals surface area contributed by atoms with Crippen LogP contribution in [0.15, 0.2) is 47.4 Å². The van der Waals surface area contributed by atoms with E-state index in [2.05, 4.69) is 15.0 Å². The van der Waals surface area contributed by atoms with Crippen LogP contribution in [0, 0.1) is 24.4 Å². The van der Waals surface area contributed by atoms with E-state index < -0.39 is 44.3 Å². The normalized spacial score (nSPS) is 12.6. The summed E-state index contributed by atoms with van der Waals surface area (Å²) in [6.07, 6.45) is 0. The molecule has 0 radical (unpaired) electrons. The van der Waals surface area contributed by atoms with Gasteiger partial charge >= 0.3 is 0 Å². The summed E-state index contributed by atoms with van der Waals surface area (Å²) in [5.74, 6) is -3.68. The molecule has 2 N–H and O–H groups in total. The fourth-order valence-electron chi connectivity index (χ4n) is 2.59. The van der Waals surface area contributed by atoms with Gasteiger partial charge in [0.25, 0.3) is 0 Å². The van der Waals surface area contributed by atoms with Crippen LogP contribution in [0.4, 0.5) is 18.3 Å². The Balaban J connectivity index is 1.74. The molecule has 0 saturated carbocycles. The average molecular weight is 455 g/mol. The molecule has 0 aliphatic carbocycles. The number of halogens is 3. The number of anilines is 1. The van der Waals surface area contributed by atoms with Gasteiger partial charge < -0.3 is 5.32 Å². The highest BCUT2D eigenvalue weighted by molar-refractivity contribution is 7.89. The number of nitrogens with zero attached hydrogens (tertiary/aromatic N) is 1. The highest BCUT2D eigenvalue weighted by atomic mass is 32.2. The minimum absolute atomic E-state index is 0.147. The van der Waals surface area contributed by atoms with Crippen molar-refractivity contribution >= 4 is 32.4 Å². The molecule has 3 aromatic rings. The zero-order chi connectivity index (χ0) is 22.1. The molecule has 6 nitrogen and oxygen atoms in total. The molecule has 3 rings (SSSR count). The summed E-state index contributed by atoms with van der Waals surface area (Å²) in [7, 11) is -4.26. The Morgan fingerprint density at radius 2 is 1.77 bits per heavy atom. The van der Waals surface area contributed by atoms with E-state index in [1.807, 2.05) is 0 Å². The second-order valence-electron chi connectivity index (χ2n) is 6.32. The maximum absolute atomic E-state index is 13.8. The first-order chi connectivity index (χ1) is 14.1. The summed E-state index contributed by atoms with van der Waals surface area (Å²) in [5, 5.41) is 2.61. The second-order valence-corrected chi connectivity index (χ2v) is 9.20. The molecule has 0 aliphatic rings. The minimum Gasteiger partial charge on any atom is -0.301 e. The van der Waals surface area contributed by atoms with Gasteiger partial charge in [-0.3, -0.25) is 4.79 Å². The number of aryl methyl sites for hydroxylation is 1. The van der Waals surface area contributed by atoms with Gasteiger partial charge in [-0.25, -0.2) is 26.6 Å². The smallest absolute Gasteiger partial charge is 0.244 e. The quantitative estimate of drug-likeness (QED) is 0.591. The van der Waals surface area contributed by atoms with Crippen LogP contribution in [0.3, 0.4) is 0 Å². The molecule has 1 aromatic heterocycles. The molecule has 0 saturated heterocycles. The number of thiazole rings is 1. The van der Waals surface area contributed by atoms with Gasteiger partial charge in [0.1, 0.15) is 10.7 Å². The lowest BCUT2D eigenvalue weighted by molar-refractivity contribution is -0.117. The van der Waals surface area contributed by atoms with Gasteiger partial charge in [0.05, 0.1) is 11.7 Å². The average Bonchev–Trinajstić information content (AvgIpc) is 3.03. The Labute approximate surface area is 174 Å². The molecule has 0 unspecified atom stereocenters. The third kappa shape index (κ3) is 4.69. The van der Waals surface area contributed by atoms with E-state index in [1.54, 1.807) is 6.92 Å². The zero-order valence-electron chi connectivity index (χ0n) is 15.7. The third-order valence-electron chi connectivity index (χ3n) is 4.07. The van der Waals surface area contributed by atoms with Crippen molar-refractivity contribution in [2.24, 2.45) is 0 Å². The van der Waals surface area contributed by atoms with E-state index in [4.69, 9.17) is 0 Å². The summed E-state index contributed by atoms with van der Waals surface area (Å²) in [5.41, 5.74) is 0.685. The Morgan fingerprint density at radius 3 is 2.43 bits per heavy atom. The number of carbonyl (C=O) groups is 1. The number of hydrogen-bond donors (Lipinski definition) is 2. The predicted octanol–water partition coefficient (Wildman–Crippen LogP) is 3.84. The minimum atomic E-state index is -4.26. The van der Waals surface area contributed by atoms with Crippen molar-refractivity contribution in [2.45, 2.75) is 24.8 Å². The molecular weight excluding hydrogens is 439 g/mol. The highest BCUT2D eigenvalue weighted by Gasteiger charge is 2.25. The Morgan fingerprint density at radius 1 is 1.07 bits per heavy atom. The van der Waals surface area contributed by atoms with Gasteiger partial charge in [-0.1, -0.05) is 12.1 Å². The van der Waals surface area contributed by atoms with Crippen LogP contribution in [0.2, 0.25) is 0 Å². The number of amides is 1. The molecule has 0 fully saturated rings. The number of aromatic nitrogens is 1. The molecule has 0 aliphatic heterocycles. The van der Waals surface area contributed by atoms with Crippen LogP contribution in [-0.2, 0) is 14.8 Å². The fourth-order valence-corrected chi connectivity index (χ4v) is 4.71. The van der Waals surface area contributed by atoms with Gasteiger partial charge in [-0.05, 0) is 44.2 Å². The standard InChI is InChI=1S/C19H16F3N3O3S2/c1-10(25-30(27,28)16-6-4-3-5-14(16)21)18(26)24-19-23-17(11(2)29-19)12-7-8-13(20)15(22)9-12/h3-10,25H,1-2H3,(H,23,24,26)/t10-/m0/s1. The van der Waals surface area contributed by atoms with Crippen LogP contribution in [-0.4, -0.2) is 25.4 Å². The maximum atomic E-state index is 13.8. The molecule has 30 heavy (non-hydrogen) atoms. The third-order valence-corrected chi connectivity index (χ3v) is 6.53. The summed E-state index contributed by atoms with van der Waals surface area (Å²) < 4.78 is 67.1. The summed E-state index contributed by atoms with van der Waals surface area (Å²) in [6, 6.07) is 6.89. The van der Waals surface area contributed by atoms with E-state index >= 15 is 0 Å². The fraction of sp³-hybridized carbons (Fsp3) is 0.158. The first kappa shape index (κ1) is 21.9. The molecule has 158 valence electrons. The van der Waals surface area contributed by atoms with Crippen molar-refractivity contribution in [3.8, 4) is 11.3 Å². The van der Waals surface area contributed by atoms with E-state index in [-0.39, 0.29) is 5.13 Å². The Bertz CT molecular complexity index is 1210. The molecule has 1 atom stereocenters. The van der Waals surface area contributed by atoms with Gasteiger partial charge in [0.2, 0.25) is 15.9 Å². The van der Waals surface area contributed by atoms with E-state index in [0.29, 0.717) is 16.1 Å². The Hall–Kier alpha value is -2.76. The van der Waals surface area contributed by atoms with E-state index in [0.717, 1.165) is 35.6 Å². The lowest BCUT2D eigenvalue weighted by Gasteiger charge is -2.13. The predicted molar refractivity (Wildman–Crippen MR) is 107 cm³/mol. The van der Waals surface area contributed by atoms with Crippen LogP contribution in [0.5, 0.6) is 0 Å². The maximum Gasteiger partial charge on any atom is 0.244 e. The molecule has 2 aromatic carbocycles. The van der Waals surface area contributed by atoms with Crippen LogP contribution < -0.4 is 10.0 Å². The van der Waals surface area contributed by atoms with Crippen molar-refractivity contribution in [2.75, 3.05) is 5.32 Å². The lowest BCUT2D eigenvalue weighted by atomic mass is 10.1. The van der Waals surface area contributed by atoms with Crippen LogP contribution in [0.1, 0.15) is 11.8 Å². The Kier molecular flexibility index (Phi) is 6.25. The molecule has 1 amide bonds. The van der Waals surface area contributed by atoms with Crippen molar-refractivity contribution < 1.29 is 26.4 Å². The van der Waals surface area contributed by atoms with Crippen molar-refractivity contribution in [1.29, 1.82) is 0 Å². The van der Waals surface area contributed by atoms with Crippen molar-refractivity contribution in [3.05, 3.63) is 64.8 Å². The van der Waals surface area contributed by atoms with Crippen molar-refractivity contribution in [3.63, 3.8) is 0 Å². The largest absolute Gasteiger partial charge is 0.301 e. The topological polar surface area (TPSA) is 88.2 Å². The number of sulfonamides is 1. The summed E-state index contributed by atoms with van der Waals surface area (Å²) in [6.45, 7) is 2.98. The van der Waals surface area contributed by atoms with Gasteiger partial charge in [0.15, 0.2) is 16.8 Å². The van der Waals surface area contributed by atoms with Crippen molar-refractivity contribution in [1.82, 2.24) is 9.71 Å². The van der Waals surface area contributed by atoms with Crippen LogP contribution in [0.25, 0.3) is 11.3 Å². The van der Waals surface area contributed by atoms with Gasteiger partial charge in [0, 0.05) is 10.4 Å². The van der Waals surface area contributed by atoms with E-state index in [1.165, 1.54) is 25.1 Å². The lowest BCUT2D eigenvalue weighted by Crippen LogP contribution is -2.41. The number of carbonyl (C=O) groups excluding carboxylic acids is 1. The molecule has 1 heterocycles. The van der Waals surface area contributed by atoms with Gasteiger partial charge in [-0.2, -0.15) is 4.72 Å². The number of nitrogens with one attached hydrogen (secondary N) is 2. The first-order valence-corrected chi connectivity index (χ1v) is 10.9. The molecule has 11 heteroatoms. The van der Waals surface area contributed by atoms with E-state index in [9.17, 15) is 26.4 Å².